The molecule has 29 heavy (non-hydrogen) atoms. The maximum atomic E-state index is 5.50. The molecule has 2 N–H and O–H groups in total. The van der Waals surface area contributed by atoms with Gasteiger partial charge < -0.3 is 20.3 Å². The van der Waals surface area contributed by atoms with Gasteiger partial charge >= 0.3 is 0 Å². The Bertz CT molecular complexity index is 954. The van der Waals surface area contributed by atoms with Crippen molar-refractivity contribution in [3.63, 3.8) is 0 Å². The topological polar surface area (TPSA) is 62.3 Å². The minimum atomic E-state index is 0.567. The first-order chi connectivity index (χ1) is 14.3. The Kier molecular flexibility index (Phi) is 6.02. The molecule has 0 aliphatic carbocycles. The molecule has 0 amide bonds. The van der Waals surface area contributed by atoms with E-state index in [1.165, 1.54) is 0 Å². The molecule has 6 heteroatoms. The van der Waals surface area contributed by atoms with E-state index in [0.717, 1.165) is 54.8 Å². The minimum absolute atomic E-state index is 0.567. The van der Waals surface area contributed by atoms with Crippen LogP contribution in [0, 0.1) is 0 Å². The highest BCUT2D eigenvalue weighted by Gasteiger charge is 2.15. The summed E-state index contributed by atoms with van der Waals surface area (Å²) in [7, 11) is 0. The number of anilines is 4. The fraction of sp³-hybridized carbons (Fsp3) is 0.217. The van der Waals surface area contributed by atoms with E-state index < -0.39 is 0 Å². The molecule has 6 nitrogen and oxygen atoms in total. The summed E-state index contributed by atoms with van der Waals surface area (Å²) in [6, 6.07) is 20.4. The number of ether oxygens (including phenoxy) is 1. The lowest BCUT2D eigenvalue weighted by molar-refractivity contribution is 0.123. The first-order valence-corrected chi connectivity index (χ1v) is 9.81. The maximum absolute atomic E-state index is 5.50. The van der Waals surface area contributed by atoms with E-state index in [-0.39, 0.29) is 0 Å². The van der Waals surface area contributed by atoms with E-state index in [2.05, 4.69) is 50.3 Å². The molecule has 1 aliphatic heterocycles. The average molecular weight is 387 g/mol. The summed E-state index contributed by atoms with van der Waals surface area (Å²) in [6.07, 6.45) is 1.79. The smallest absolute Gasteiger partial charge is 0.225 e. The number of nitrogens with zero attached hydrogens (tertiary/aromatic N) is 3. The molecule has 0 spiro atoms. The lowest BCUT2D eigenvalue weighted by atomic mass is 10.1. The fourth-order valence-electron chi connectivity index (χ4n) is 3.31. The summed E-state index contributed by atoms with van der Waals surface area (Å²) in [5, 5.41) is 6.70. The molecule has 0 atom stereocenters. The van der Waals surface area contributed by atoms with Gasteiger partial charge in [-0.25, -0.2) is 4.98 Å². The van der Waals surface area contributed by atoms with Crippen molar-refractivity contribution >= 4 is 23.1 Å². The Hall–Kier alpha value is -3.38. The van der Waals surface area contributed by atoms with Crippen LogP contribution in [0.4, 0.5) is 23.1 Å². The number of hydrogen-bond acceptors (Lipinski definition) is 6. The van der Waals surface area contributed by atoms with E-state index in [1.807, 2.05) is 42.5 Å². The summed E-state index contributed by atoms with van der Waals surface area (Å²) < 4.78 is 5.50. The van der Waals surface area contributed by atoms with Crippen LogP contribution in [0.2, 0.25) is 0 Å². The highest BCUT2D eigenvalue weighted by atomic mass is 16.5. The second kappa shape index (κ2) is 9.21. The number of benzene rings is 2. The molecule has 1 aliphatic rings. The third-order valence-corrected chi connectivity index (χ3v) is 4.72. The van der Waals surface area contributed by atoms with E-state index in [1.54, 1.807) is 6.08 Å². The monoisotopic (exact) mass is 387 g/mol. The van der Waals surface area contributed by atoms with E-state index >= 15 is 0 Å². The predicted molar refractivity (Wildman–Crippen MR) is 119 cm³/mol. The molecule has 0 radical (unpaired) electrons. The molecule has 1 aromatic heterocycles. The summed E-state index contributed by atoms with van der Waals surface area (Å²) in [6.45, 7) is 7.61. The lowest BCUT2D eigenvalue weighted by Crippen LogP contribution is -2.36. The molecule has 3 aromatic rings. The number of hydrogen-bond donors (Lipinski definition) is 2. The molecule has 1 fully saturated rings. The third-order valence-electron chi connectivity index (χ3n) is 4.72. The molecular formula is C23H25N5O. The zero-order valence-corrected chi connectivity index (χ0v) is 16.3. The fourth-order valence-corrected chi connectivity index (χ4v) is 3.31. The lowest BCUT2D eigenvalue weighted by Gasteiger charge is -2.30. The van der Waals surface area contributed by atoms with Gasteiger partial charge in [0.25, 0.3) is 0 Å². The quantitative estimate of drug-likeness (QED) is 0.589. The van der Waals surface area contributed by atoms with Crippen LogP contribution in [-0.2, 0) is 4.74 Å². The van der Waals surface area contributed by atoms with Gasteiger partial charge in [-0.1, -0.05) is 48.5 Å². The van der Waals surface area contributed by atoms with Crippen molar-refractivity contribution in [2.45, 2.75) is 0 Å². The van der Waals surface area contributed by atoms with Gasteiger partial charge in [0, 0.05) is 31.3 Å². The maximum Gasteiger partial charge on any atom is 0.225 e. The van der Waals surface area contributed by atoms with Crippen LogP contribution in [-0.4, -0.2) is 42.8 Å². The van der Waals surface area contributed by atoms with Gasteiger partial charge in [-0.15, -0.1) is 6.58 Å². The number of rotatable bonds is 7. The number of nitrogens with one attached hydrogen (secondary N) is 2. The second-order valence-electron chi connectivity index (χ2n) is 6.74. The Morgan fingerprint density at radius 3 is 2.55 bits per heavy atom. The van der Waals surface area contributed by atoms with Crippen LogP contribution < -0.4 is 15.5 Å². The summed E-state index contributed by atoms with van der Waals surface area (Å²) in [5.41, 5.74) is 4.07. The third kappa shape index (κ3) is 4.73. The molecule has 148 valence electrons. The number of morpholine rings is 1. The first-order valence-electron chi connectivity index (χ1n) is 9.81. The summed E-state index contributed by atoms with van der Waals surface area (Å²) in [4.78, 5) is 11.6. The van der Waals surface area contributed by atoms with Gasteiger partial charge in [0.05, 0.1) is 30.3 Å². The van der Waals surface area contributed by atoms with Crippen molar-refractivity contribution < 1.29 is 4.74 Å². The Balaban J connectivity index is 1.67. The first kappa shape index (κ1) is 19.0. The Morgan fingerprint density at radius 2 is 1.76 bits per heavy atom. The van der Waals surface area contributed by atoms with Crippen molar-refractivity contribution in [2.75, 3.05) is 48.4 Å². The Labute approximate surface area is 171 Å². The number of aromatic nitrogens is 2. The van der Waals surface area contributed by atoms with E-state index in [4.69, 9.17) is 4.74 Å². The van der Waals surface area contributed by atoms with Crippen LogP contribution in [0.15, 0.2) is 73.3 Å². The highest BCUT2D eigenvalue weighted by molar-refractivity contribution is 5.76. The minimum Gasteiger partial charge on any atom is -0.378 e. The molecule has 0 bridgehead atoms. The van der Waals surface area contributed by atoms with Crippen LogP contribution >= 0.6 is 0 Å². The normalized spacial score (nSPS) is 13.7. The van der Waals surface area contributed by atoms with Crippen LogP contribution in [0.25, 0.3) is 11.3 Å². The zero-order chi connectivity index (χ0) is 19.9. The van der Waals surface area contributed by atoms with Crippen LogP contribution in [0.3, 0.4) is 0 Å². The van der Waals surface area contributed by atoms with Crippen molar-refractivity contribution in [3.8, 4) is 11.3 Å². The molecular weight excluding hydrogens is 362 g/mol. The van der Waals surface area contributed by atoms with Gasteiger partial charge in [-0.3, -0.25) is 0 Å². The zero-order valence-electron chi connectivity index (χ0n) is 16.3. The predicted octanol–water partition coefficient (Wildman–Crippen LogP) is 4.32. The van der Waals surface area contributed by atoms with Gasteiger partial charge in [-0.05, 0) is 12.1 Å². The second-order valence-corrected chi connectivity index (χ2v) is 6.74. The standard InChI is InChI=1S/C23H25N5O/c1-2-12-24-23-26-20(18-8-4-3-5-9-18)17-22(27-23)25-19-10-6-7-11-21(19)28-13-15-29-16-14-28/h2-11,17H,1,12-16H2,(H2,24,25,26,27). The molecule has 1 saturated heterocycles. The van der Waals surface area contributed by atoms with Crippen LogP contribution in [0.5, 0.6) is 0 Å². The molecule has 0 saturated carbocycles. The molecule has 2 heterocycles. The van der Waals surface area contributed by atoms with Gasteiger partial charge in [-0.2, -0.15) is 4.98 Å². The Morgan fingerprint density at radius 1 is 1.00 bits per heavy atom. The largest absolute Gasteiger partial charge is 0.378 e. The van der Waals surface area contributed by atoms with Gasteiger partial charge in [0.2, 0.25) is 5.95 Å². The van der Waals surface area contributed by atoms with Crippen molar-refractivity contribution in [3.05, 3.63) is 73.3 Å². The highest BCUT2D eigenvalue weighted by Crippen LogP contribution is 2.30. The average Bonchev–Trinajstić information content (AvgIpc) is 2.79. The van der Waals surface area contributed by atoms with Crippen LogP contribution in [0.1, 0.15) is 0 Å². The van der Waals surface area contributed by atoms with Gasteiger partial charge in [0.15, 0.2) is 0 Å². The molecule has 4 rings (SSSR count). The van der Waals surface area contributed by atoms with Crippen molar-refractivity contribution in [2.24, 2.45) is 0 Å². The summed E-state index contributed by atoms with van der Waals surface area (Å²) in [5.74, 6) is 1.31. The van der Waals surface area contributed by atoms with E-state index in [9.17, 15) is 0 Å². The van der Waals surface area contributed by atoms with E-state index in [0.29, 0.717) is 12.5 Å². The number of para-hydroxylation sites is 2. The van der Waals surface area contributed by atoms with Crippen molar-refractivity contribution in [1.82, 2.24) is 9.97 Å². The SMILES string of the molecule is C=CCNc1nc(Nc2ccccc2N2CCOCC2)cc(-c2ccccc2)n1. The molecule has 0 unspecified atom stereocenters. The molecule has 2 aromatic carbocycles. The van der Waals surface area contributed by atoms with Crippen molar-refractivity contribution in [1.29, 1.82) is 0 Å². The summed E-state index contributed by atoms with van der Waals surface area (Å²) >= 11 is 0. The van der Waals surface area contributed by atoms with Gasteiger partial charge in [0.1, 0.15) is 5.82 Å².